The number of nitrogens with zero attached hydrogens (tertiary/aromatic N) is 2. The van der Waals surface area contributed by atoms with E-state index in [1.165, 1.54) is 0 Å². The maximum atomic E-state index is 6.01. The van der Waals surface area contributed by atoms with E-state index in [1.54, 1.807) is 18.6 Å². The first kappa shape index (κ1) is 22.3. The molecule has 0 amide bonds. The van der Waals surface area contributed by atoms with E-state index in [2.05, 4.69) is 27.0 Å². The predicted molar refractivity (Wildman–Crippen MR) is 135 cm³/mol. The summed E-state index contributed by atoms with van der Waals surface area (Å²) in [5.41, 5.74) is 7.27. The number of hydrogen-bond donors (Lipinski definition) is 1. The molecule has 36 heavy (non-hydrogen) atoms. The molecule has 0 fully saturated rings. The summed E-state index contributed by atoms with van der Waals surface area (Å²) in [7, 11) is 4.04. The summed E-state index contributed by atoms with van der Waals surface area (Å²) in [6.45, 7) is 1.93. The maximum absolute atomic E-state index is 6.01. The van der Waals surface area contributed by atoms with Crippen molar-refractivity contribution in [2.24, 2.45) is 5.16 Å². The minimum absolute atomic E-state index is 0.512. The summed E-state index contributed by atoms with van der Waals surface area (Å²) in [6.07, 6.45) is 8.94. The average molecular weight is 484 g/mol. The molecule has 2 aromatic carbocycles. The number of rotatable bonds is 7. The van der Waals surface area contributed by atoms with E-state index in [-0.39, 0.29) is 0 Å². The fraction of sp³-hybridized carbons (Fsp3) is 0.250. The normalized spacial score (nSPS) is 15.8. The largest absolute Gasteiger partial charge is 0.492 e. The Balaban J connectivity index is 1.45. The van der Waals surface area contributed by atoms with Gasteiger partial charge in [0.15, 0.2) is 5.75 Å². The van der Waals surface area contributed by atoms with Gasteiger partial charge in [0.05, 0.1) is 24.8 Å². The molecule has 1 N–H and O–H groups in total. The Morgan fingerprint density at radius 1 is 1.19 bits per heavy atom. The summed E-state index contributed by atoms with van der Waals surface area (Å²) >= 11 is 0. The third-order valence-corrected chi connectivity index (χ3v) is 6.39. The van der Waals surface area contributed by atoms with E-state index >= 15 is 0 Å². The van der Waals surface area contributed by atoms with Crippen molar-refractivity contribution in [3.05, 3.63) is 71.2 Å². The topological polar surface area (TPSA) is 81.5 Å². The van der Waals surface area contributed by atoms with Crippen LogP contribution in [-0.2, 0) is 16.1 Å². The fourth-order valence-corrected chi connectivity index (χ4v) is 4.56. The number of hydrogen-bond acceptors (Lipinski definition) is 7. The van der Waals surface area contributed by atoms with E-state index in [0.717, 1.165) is 63.1 Å². The van der Waals surface area contributed by atoms with Crippen LogP contribution >= 0.6 is 0 Å². The van der Waals surface area contributed by atoms with Crippen LogP contribution in [0.1, 0.15) is 28.4 Å². The van der Waals surface area contributed by atoms with Crippen LogP contribution < -0.4 is 9.62 Å². The Hall–Kier alpha value is -4.19. The second kappa shape index (κ2) is 9.11. The minimum Gasteiger partial charge on any atom is -0.492 e. The number of terminal acetylenes is 1. The van der Waals surface area contributed by atoms with Crippen molar-refractivity contribution in [2.45, 2.75) is 12.5 Å². The second-order valence-electron chi connectivity index (χ2n) is 9.04. The lowest BCUT2D eigenvalue weighted by atomic mass is 10.0. The van der Waals surface area contributed by atoms with Crippen molar-refractivity contribution < 1.29 is 23.8 Å². The highest BCUT2D eigenvalue weighted by molar-refractivity contribution is 6.30. The van der Waals surface area contributed by atoms with Crippen molar-refractivity contribution in [2.75, 3.05) is 33.9 Å². The standard InChI is InChI=1S/C28H25N3O5/c1-4-24(18-7-10-32-16-18)35-30-28-21-15-25-17(8-11-34-36-25)13-20(21)27-26(28)22-14-19(5-6-23(22)29-27)33-12-9-31(2)3/h1,5-7,10,13-16,24,29H,8-9,11-12H2,2-3H3/b30-28-. The molecule has 1 aliphatic heterocycles. The smallest absolute Gasteiger partial charge is 0.215 e. The molecule has 0 bridgehead atoms. The minimum atomic E-state index is -0.684. The molecular weight excluding hydrogens is 458 g/mol. The van der Waals surface area contributed by atoms with Gasteiger partial charge >= 0.3 is 0 Å². The predicted octanol–water partition coefficient (Wildman–Crippen LogP) is 4.69. The molecule has 1 unspecified atom stereocenters. The van der Waals surface area contributed by atoms with Crippen molar-refractivity contribution in [3.8, 4) is 35.1 Å². The monoisotopic (exact) mass is 483 g/mol. The van der Waals surface area contributed by atoms with Crippen molar-refractivity contribution in [3.63, 3.8) is 0 Å². The molecule has 2 aliphatic rings. The number of furan rings is 1. The van der Waals surface area contributed by atoms with Gasteiger partial charge in [-0.2, -0.15) is 4.89 Å². The summed E-state index contributed by atoms with van der Waals surface area (Å²) in [6, 6.07) is 11.9. The molecule has 0 saturated carbocycles. The number of H-pyrrole nitrogens is 1. The maximum Gasteiger partial charge on any atom is 0.215 e. The summed E-state index contributed by atoms with van der Waals surface area (Å²) in [4.78, 5) is 22.2. The Morgan fingerprint density at radius 2 is 2.11 bits per heavy atom. The van der Waals surface area contributed by atoms with Crippen LogP contribution in [0.3, 0.4) is 0 Å². The molecule has 182 valence electrons. The van der Waals surface area contributed by atoms with Crippen molar-refractivity contribution in [1.29, 1.82) is 0 Å². The molecule has 1 aliphatic carbocycles. The lowest BCUT2D eigenvalue weighted by molar-refractivity contribution is -0.215. The van der Waals surface area contributed by atoms with Gasteiger partial charge < -0.3 is 28.8 Å². The number of oxime groups is 1. The number of nitrogens with one attached hydrogen (secondary N) is 1. The van der Waals surface area contributed by atoms with Crippen LogP contribution in [0.4, 0.5) is 0 Å². The van der Waals surface area contributed by atoms with Gasteiger partial charge in [0.25, 0.3) is 0 Å². The molecule has 8 heteroatoms. The zero-order chi connectivity index (χ0) is 24.6. The Bertz CT molecular complexity index is 1490. The number of aromatic nitrogens is 1. The molecular formula is C28H25N3O5. The number of benzene rings is 2. The third kappa shape index (κ3) is 3.88. The Morgan fingerprint density at radius 3 is 2.92 bits per heavy atom. The van der Waals surface area contributed by atoms with Crippen LogP contribution in [-0.4, -0.2) is 49.4 Å². The van der Waals surface area contributed by atoms with Crippen molar-refractivity contribution >= 4 is 16.6 Å². The number of aromatic amines is 1. The van der Waals surface area contributed by atoms with Crippen LogP contribution in [0.2, 0.25) is 0 Å². The first-order valence-corrected chi connectivity index (χ1v) is 11.7. The lowest BCUT2D eigenvalue weighted by Gasteiger charge is -2.17. The third-order valence-electron chi connectivity index (χ3n) is 6.39. The molecule has 2 aromatic heterocycles. The van der Waals surface area contributed by atoms with Gasteiger partial charge in [-0.25, -0.2) is 0 Å². The first-order valence-electron chi connectivity index (χ1n) is 11.7. The summed E-state index contributed by atoms with van der Waals surface area (Å²) in [5, 5.41) is 5.58. The zero-order valence-corrected chi connectivity index (χ0v) is 20.0. The van der Waals surface area contributed by atoms with Crippen molar-refractivity contribution in [1.82, 2.24) is 9.88 Å². The quantitative estimate of drug-likeness (QED) is 0.205. The first-order chi connectivity index (χ1) is 17.6. The van der Waals surface area contributed by atoms with Gasteiger partial charge in [0.1, 0.15) is 18.1 Å². The number of ether oxygens (including phenoxy) is 1. The van der Waals surface area contributed by atoms with E-state index in [1.807, 2.05) is 38.4 Å². The summed E-state index contributed by atoms with van der Waals surface area (Å²) < 4.78 is 11.2. The molecule has 1 atom stereocenters. The molecule has 8 nitrogen and oxygen atoms in total. The second-order valence-corrected chi connectivity index (χ2v) is 9.04. The number of likely N-dealkylation sites (N-methyl/N-ethyl adjacent to an activating group) is 1. The van der Waals surface area contributed by atoms with E-state index in [9.17, 15) is 0 Å². The van der Waals surface area contributed by atoms with Gasteiger partial charge in [-0.15, -0.1) is 6.42 Å². The highest BCUT2D eigenvalue weighted by atomic mass is 17.2. The van der Waals surface area contributed by atoms with Gasteiger partial charge in [0, 0.05) is 51.7 Å². The SMILES string of the molecule is C#CC(O/N=C1/c2cc3c(cc2-c2[nH]c4ccc(OCCN(C)C)cc4c21)CCOO3)c1ccoc1. The van der Waals surface area contributed by atoms with Gasteiger partial charge in [-0.05, 0) is 50.5 Å². The highest BCUT2D eigenvalue weighted by Gasteiger charge is 2.33. The molecule has 0 radical (unpaired) electrons. The van der Waals surface area contributed by atoms with Gasteiger partial charge in [-0.1, -0.05) is 11.1 Å². The number of fused-ring (bicyclic) bond motifs is 6. The zero-order valence-electron chi connectivity index (χ0n) is 20.0. The van der Waals surface area contributed by atoms with Gasteiger partial charge in [-0.3, -0.25) is 0 Å². The van der Waals surface area contributed by atoms with E-state index < -0.39 is 6.10 Å². The van der Waals surface area contributed by atoms with Crippen LogP contribution in [0.5, 0.6) is 11.5 Å². The molecule has 3 heterocycles. The molecule has 0 spiro atoms. The van der Waals surface area contributed by atoms with Crippen LogP contribution in [0.25, 0.3) is 22.2 Å². The van der Waals surface area contributed by atoms with Crippen LogP contribution in [0, 0.1) is 12.3 Å². The lowest BCUT2D eigenvalue weighted by Crippen LogP contribution is -2.19. The Labute approximate surface area is 208 Å². The average Bonchev–Trinajstić information content (AvgIpc) is 3.60. The molecule has 0 saturated heterocycles. The Kier molecular flexibility index (Phi) is 5.64. The van der Waals surface area contributed by atoms with E-state index in [4.69, 9.17) is 30.2 Å². The van der Waals surface area contributed by atoms with E-state index in [0.29, 0.717) is 24.7 Å². The molecule has 6 rings (SSSR count). The van der Waals surface area contributed by atoms with Gasteiger partial charge in [0.2, 0.25) is 6.10 Å². The highest BCUT2D eigenvalue weighted by Crippen LogP contribution is 2.45. The van der Waals surface area contributed by atoms with Crippen LogP contribution in [0.15, 0.2) is 58.5 Å². The molecule has 4 aromatic rings. The summed E-state index contributed by atoms with van der Waals surface area (Å²) in [5.74, 6) is 4.10. The fourth-order valence-electron chi connectivity index (χ4n) is 4.56.